The molecule has 1 fully saturated rings. The minimum absolute atomic E-state index is 0.111. The van der Waals surface area contributed by atoms with Crippen molar-refractivity contribution in [2.45, 2.75) is 45.7 Å². The average molecular weight is 357 g/mol. The van der Waals surface area contributed by atoms with Gasteiger partial charge in [0, 0.05) is 11.7 Å². The van der Waals surface area contributed by atoms with Gasteiger partial charge in [0.15, 0.2) is 0 Å². The van der Waals surface area contributed by atoms with Crippen LogP contribution in [0.3, 0.4) is 0 Å². The Kier molecular flexibility index (Phi) is 4.66. The lowest BCUT2D eigenvalue weighted by Gasteiger charge is -2.22. The highest BCUT2D eigenvalue weighted by atomic mass is 79.9. The van der Waals surface area contributed by atoms with Gasteiger partial charge in [0.1, 0.15) is 11.9 Å². The van der Waals surface area contributed by atoms with Crippen LogP contribution in [-0.2, 0) is 9.59 Å². The van der Waals surface area contributed by atoms with Gasteiger partial charge in [-0.15, -0.1) is 0 Å². The zero-order valence-corrected chi connectivity index (χ0v) is 13.8. The second-order valence-electron chi connectivity index (χ2n) is 5.34. The van der Waals surface area contributed by atoms with Gasteiger partial charge in [-0.2, -0.15) is 0 Å². The molecule has 21 heavy (non-hydrogen) atoms. The summed E-state index contributed by atoms with van der Waals surface area (Å²) in [5, 5.41) is 2.99. The summed E-state index contributed by atoms with van der Waals surface area (Å²) >= 11 is 3.12. The Morgan fingerprint density at radius 2 is 2.14 bits per heavy atom. The molecule has 6 heteroatoms. The van der Waals surface area contributed by atoms with Gasteiger partial charge < -0.3 is 5.32 Å². The lowest BCUT2D eigenvalue weighted by Crippen LogP contribution is -2.40. The smallest absolute Gasteiger partial charge is 0.252 e. The highest BCUT2D eigenvalue weighted by molar-refractivity contribution is 9.10. The molecule has 2 unspecified atom stereocenters. The van der Waals surface area contributed by atoms with E-state index in [1.54, 1.807) is 6.07 Å². The number of carbonyl (C=O) groups is 2. The van der Waals surface area contributed by atoms with Crippen LogP contribution in [0.25, 0.3) is 0 Å². The molecule has 114 valence electrons. The van der Waals surface area contributed by atoms with Gasteiger partial charge in [-0.1, -0.05) is 6.92 Å². The molecular formula is C15H18BrFN2O2. The molecule has 1 aromatic rings. The second-order valence-corrected chi connectivity index (χ2v) is 6.20. The Morgan fingerprint density at radius 3 is 2.76 bits per heavy atom. The summed E-state index contributed by atoms with van der Waals surface area (Å²) in [5.74, 6) is -0.821. The van der Waals surface area contributed by atoms with Crippen molar-refractivity contribution < 1.29 is 14.0 Å². The molecule has 0 aliphatic carbocycles. The number of likely N-dealkylation sites (tertiary alicyclic amines) is 1. The molecule has 0 saturated carbocycles. The molecule has 1 heterocycles. The Balaban J connectivity index is 2.20. The van der Waals surface area contributed by atoms with Crippen LogP contribution in [0, 0.1) is 12.7 Å². The number of amides is 2. The predicted octanol–water partition coefficient (Wildman–Crippen LogP) is 3.23. The van der Waals surface area contributed by atoms with Crippen LogP contribution in [0.2, 0.25) is 0 Å². The van der Waals surface area contributed by atoms with Crippen LogP contribution in [0.4, 0.5) is 10.1 Å². The first kappa shape index (κ1) is 15.9. The number of hydrogen-bond acceptors (Lipinski definition) is 3. The zero-order chi connectivity index (χ0) is 15.7. The zero-order valence-electron chi connectivity index (χ0n) is 12.2. The number of halogens is 2. The third kappa shape index (κ3) is 3.10. The molecule has 1 N–H and O–H groups in total. The van der Waals surface area contributed by atoms with Crippen LogP contribution >= 0.6 is 15.9 Å². The number of nitrogens with one attached hydrogen (secondary N) is 1. The van der Waals surface area contributed by atoms with Crippen LogP contribution in [0.15, 0.2) is 16.6 Å². The minimum Gasteiger partial charge on any atom is -0.373 e. The highest BCUT2D eigenvalue weighted by Crippen LogP contribution is 2.27. The molecule has 4 nitrogen and oxygen atoms in total. The summed E-state index contributed by atoms with van der Waals surface area (Å²) < 4.78 is 14.0. The topological polar surface area (TPSA) is 49.4 Å². The molecule has 1 aliphatic heterocycles. The number of nitrogens with zero attached hydrogens (tertiary/aromatic N) is 1. The van der Waals surface area contributed by atoms with Gasteiger partial charge in [-0.3, -0.25) is 14.5 Å². The van der Waals surface area contributed by atoms with E-state index >= 15 is 0 Å². The van der Waals surface area contributed by atoms with Crippen LogP contribution in [0.1, 0.15) is 32.3 Å². The van der Waals surface area contributed by atoms with Crippen molar-refractivity contribution in [2.24, 2.45) is 0 Å². The van der Waals surface area contributed by atoms with Crippen molar-refractivity contribution in [1.82, 2.24) is 4.90 Å². The van der Waals surface area contributed by atoms with E-state index in [4.69, 9.17) is 0 Å². The molecule has 0 aromatic heterocycles. The van der Waals surface area contributed by atoms with Gasteiger partial charge in [-0.05, 0) is 53.9 Å². The summed E-state index contributed by atoms with van der Waals surface area (Å²) in [7, 11) is 0. The first-order valence-corrected chi connectivity index (χ1v) is 7.72. The third-order valence-corrected chi connectivity index (χ3v) is 4.42. The van der Waals surface area contributed by atoms with Crippen molar-refractivity contribution in [3.63, 3.8) is 0 Å². The van der Waals surface area contributed by atoms with Crippen molar-refractivity contribution in [3.05, 3.63) is 28.0 Å². The molecule has 1 aliphatic rings. The maximum atomic E-state index is 13.6. The predicted molar refractivity (Wildman–Crippen MR) is 82.5 cm³/mol. The molecule has 1 aromatic carbocycles. The minimum atomic E-state index is -0.620. The monoisotopic (exact) mass is 356 g/mol. The number of imide groups is 1. The van der Waals surface area contributed by atoms with Gasteiger partial charge in [0.25, 0.3) is 5.91 Å². The molecule has 0 spiro atoms. The average Bonchev–Trinajstić information content (AvgIpc) is 2.70. The van der Waals surface area contributed by atoms with Crippen LogP contribution < -0.4 is 5.32 Å². The summed E-state index contributed by atoms with van der Waals surface area (Å²) in [6.45, 7) is 5.60. The molecule has 1 saturated heterocycles. The number of hydrogen-bond donors (Lipinski definition) is 1. The summed E-state index contributed by atoms with van der Waals surface area (Å²) in [6.07, 6.45) is 0.830. The molecular weight excluding hydrogens is 339 g/mol. The van der Waals surface area contributed by atoms with E-state index < -0.39 is 11.9 Å². The van der Waals surface area contributed by atoms with E-state index in [0.717, 1.165) is 12.0 Å². The van der Waals surface area contributed by atoms with Gasteiger partial charge in [-0.25, -0.2) is 4.39 Å². The lowest BCUT2D eigenvalue weighted by atomic mass is 10.1. The summed E-state index contributed by atoms with van der Waals surface area (Å²) in [5.41, 5.74) is 1.35. The van der Waals surface area contributed by atoms with E-state index in [9.17, 15) is 14.0 Å². The third-order valence-electron chi connectivity index (χ3n) is 3.81. The Bertz CT molecular complexity index is 591. The number of carbonyl (C=O) groups excluding carboxylic acids is 2. The van der Waals surface area contributed by atoms with Crippen LogP contribution in [-0.4, -0.2) is 28.8 Å². The maximum Gasteiger partial charge on any atom is 0.252 e. The normalized spacial score (nSPS) is 20.0. The van der Waals surface area contributed by atoms with Gasteiger partial charge in [0.2, 0.25) is 5.91 Å². The fraction of sp³-hybridized carbons (Fsp3) is 0.467. The molecule has 0 bridgehead atoms. The van der Waals surface area contributed by atoms with E-state index in [2.05, 4.69) is 21.2 Å². The lowest BCUT2D eigenvalue weighted by molar-refractivity contribution is -0.140. The van der Waals surface area contributed by atoms with Crippen molar-refractivity contribution >= 4 is 33.4 Å². The molecule has 2 atom stereocenters. The molecule has 0 radical (unpaired) electrons. The molecule has 2 rings (SSSR count). The largest absolute Gasteiger partial charge is 0.373 e. The summed E-state index contributed by atoms with van der Waals surface area (Å²) in [6, 6.07) is 2.25. The fourth-order valence-electron chi connectivity index (χ4n) is 2.40. The number of rotatable bonds is 4. The maximum absolute atomic E-state index is 13.6. The summed E-state index contributed by atoms with van der Waals surface area (Å²) in [4.78, 5) is 25.6. The van der Waals surface area contributed by atoms with Crippen LogP contribution in [0.5, 0.6) is 0 Å². The molecule has 2 amide bonds. The van der Waals surface area contributed by atoms with Gasteiger partial charge >= 0.3 is 0 Å². The Morgan fingerprint density at radius 1 is 1.48 bits per heavy atom. The number of anilines is 1. The van der Waals surface area contributed by atoms with E-state index in [0.29, 0.717) is 10.2 Å². The van der Waals surface area contributed by atoms with Crippen molar-refractivity contribution in [3.8, 4) is 0 Å². The number of aryl methyl sites for hydroxylation is 1. The first-order valence-electron chi connectivity index (χ1n) is 6.93. The Hall–Kier alpha value is -1.43. The van der Waals surface area contributed by atoms with E-state index in [-0.39, 0.29) is 24.3 Å². The standard InChI is InChI=1S/C15H18BrFN2O2/c1-4-9(3)19-14(20)7-13(15(19)21)18-12-6-11(17)10(16)5-8(12)2/h5-6,9,13,18H,4,7H2,1-3H3. The van der Waals surface area contributed by atoms with E-state index in [1.807, 2.05) is 20.8 Å². The SMILES string of the molecule is CCC(C)N1C(=O)CC(Nc2cc(F)c(Br)cc2C)C1=O. The quantitative estimate of drug-likeness (QED) is 0.842. The fourth-order valence-corrected chi connectivity index (χ4v) is 2.86. The van der Waals surface area contributed by atoms with Crippen molar-refractivity contribution in [2.75, 3.05) is 5.32 Å². The second kappa shape index (κ2) is 6.13. The first-order chi connectivity index (χ1) is 9.85. The van der Waals surface area contributed by atoms with Gasteiger partial charge in [0.05, 0.1) is 10.9 Å². The van der Waals surface area contributed by atoms with Crippen molar-refractivity contribution in [1.29, 1.82) is 0 Å². The highest BCUT2D eigenvalue weighted by Gasteiger charge is 2.40. The Labute approximate surface area is 131 Å². The number of benzene rings is 1. The van der Waals surface area contributed by atoms with E-state index in [1.165, 1.54) is 11.0 Å².